The van der Waals surface area contributed by atoms with E-state index in [1.807, 2.05) is 18.8 Å². The van der Waals surface area contributed by atoms with Gasteiger partial charge in [-0.25, -0.2) is 0 Å². The third-order valence-corrected chi connectivity index (χ3v) is 4.62. The van der Waals surface area contributed by atoms with Crippen molar-refractivity contribution in [1.29, 1.82) is 0 Å². The van der Waals surface area contributed by atoms with Crippen molar-refractivity contribution in [3.8, 4) is 0 Å². The first kappa shape index (κ1) is 19.1. The molecule has 0 aromatic heterocycles. The number of guanidine groups is 1. The molecule has 1 aromatic rings. The summed E-state index contributed by atoms with van der Waals surface area (Å²) in [7, 11) is 1.81. The maximum Gasteiger partial charge on any atom is 0.191 e. The van der Waals surface area contributed by atoms with Crippen LogP contribution in [0.1, 0.15) is 18.1 Å². The first-order valence-electron chi connectivity index (χ1n) is 8.56. The summed E-state index contributed by atoms with van der Waals surface area (Å²) in [6.07, 6.45) is 2.44. The van der Waals surface area contributed by atoms with E-state index in [1.165, 1.54) is 11.1 Å². The van der Waals surface area contributed by atoms with Crippen LogP contribution in [0.15, 0.2) is 29.3 Å². The van der Waals surface area contributed by atoms with Gasteiger partial charge in [-0.3, -0.25) is 9.89 Å². The molecule has 134 valence electrons. The van der Waals surface area contributed by atoms with E-state index in [9.17, 15) is 0 Å². The number of ether oxygens (including phenoxy) is 1. The van der Waals surface area contributed by atoms with Gasteiger partial charge in [-0.15, -0.1) is 0 Å². The lowest BCUT2D eigenvalue weighted by atomic mass is 10.1. The van der Waals surface area contributed by atoms with Gasteiger partial charge in [0.25, 0.3) is 0 Å². The molecule has 1 unspecified atom stereocenters. The van der Waals surface area contributed by atoms with Gasteiger partial charge in [0.05, 0.1) is 12.7 Å². The van der Waals surface area contributed by atoms with Crippen molar-refractivity contribution in [2.45, 2.75) is 26.1 Å². The van der Waals surface area contributed by atoms with Crippen molar-refractivity contribution in [2.24, 2.45) is 4.99 Å². The predicted octanol–water partition coefficient (Wildman–Crippen LogP) is 1.94. The van der Waals surface area contributed by atoms with Crippen LogP contribution in [-0.2, 0) is 17.8 Å². The highest BCUT2D eigenvalue weighted by molar-refractivity contribution is 7.98. The molecule has 1 aromatic carbocycles. The zero-order valence-corrected chi connectivity index (χ0v) is 15.9. The number of benzene rings is 1. The average molecular weight is 351 g/mol. The molecule has 5 nitrogen and oxygen atoms in total. The fraction of sp³-hybridized carbons (Fsp3) is 0.611. The monoisotopic (exact) mass is 350 g/mol. The van der Waals surface area contributed by atoms with Gasteiger partial charge in [-0.2, -0.15) is 11.8 Å². The fourth-order valence-corrected chi connectivity index (χ4v) is 3.11. The van der Waals surface area contributed by atoms with E-state index >= 15 is 0 Å². The Balaban J connectivity index is 1.83. The highest BCUT2D eigenvalue weighted by Gasteiger charge is 2.16. The number of nitrogens with one attached hydrogen (secondary N) is 2. The average Bonchev–Trinajstić information content (AvgIpc) is 2.58. The Morgan fingerprint density at radius 1 is 1.38 bits per heavy atom. The maximum absolute atomic E-state index is 5.61. The molecule has 1 fully saturated rings. The third-order valence-electron chi connectivity index (χ3n) is 4.00. The van der Waals surface area contributed by atoms with Crippen LogP contribution in [0, 0.1) is 0 Å². The molecule has 2 rings (SSSR count). The number of aliphatic imine (C=N–C) groups is 1. The standard InChI is InChI=1S/C18H30N4OS/c1-15-13-22(8-9-23-15)14-17-6-4-5-16(11-17)12-21-18(19-2)20-7-10-24-3/h4-6,11,15H,7-10,12-14H2,1-3H3,(H2,19,20,21). The van der Waals surface area contributed by atoms with E-state index in [0.29, 0.717) is 6.10 Å². The van der Waals surface area contributed by atoms with Crippen LogP contribution < -0.4 is 10.6 Å². The summed E-state index contributed by atoms with van der Waals surface area (Å²) in [5.74, 6) is 1.94. The lowest BCUT2D eigenvalue weighted by Gasteiger charge is -2.31. The smallest absolute Gasteiger partial charge is 0.191 e. The minimum absolute atomic E-state index is 0.333. The van der Waals surface area contributed by atoms with Crippen LogP contribution in [0.5, 0.6) is 0 Å². The van der Waals surface area contributed by atoms with E-state index in [0.717, 1.165) is 51.0 Å². The Morgan fingerprint density at radius 2 is 2.21 bits per heavy atom. The van der Waals surface area contributed by atoms with E-state index in [4.69, 9.17) is 4.74 Å². The first-order valence-corrected chi connectivity index (χ1v) is 9.96. The van der Waals surface area contributed by atoms with E-state index in [-0.39, 0.29) is 0 Å². The van der Waals surface area contributed by atoms with Gasteiger partial charge in [0.2, 0.25) is 0 Å². The third kappa shape index (κ3) is 6.71. The minimum Gasteiger partial charge on any atom is -0.376 e. The summed E-state index contributed by atoms with van der Waals surface area (Å²) in [5.41, 5.74) is 2.63. The second kappa shape index (κ2) is 10.6. The number of hydrogen-bond donors (Lipinski definition) is 2. The zero-order chi connectivity index (χ0) is 17.2. The van der Waals surface area contributed by atoms with Crippen molar-refractivity contribution in [1.82, 2.24) is 15.5 Å². The maximum atomic E-state index is 5.61. The molecule has 0 saturated carbocycles. The quantitative estimate of drug-likeness (QED) is 0.447. The zero-order valence-electron chi connectivity index (χ0n) is 15.0. The number of rotatable bonds is 7. The summed E-state index contributed by atoms with van der Waals surface area (Å²) >= 11 is 1.83. The van der Waals surface area contributed by atoms with Crippen LogP contribution >= 0.6 is 11.8 Å². The molecule has 1 atom stereocenters. The normalized spacial score (nSPS) is 19.3. The molecule has 6 heteroatoms. The van der Waals surface area contributed by atoms with Crippen molar-refractivity contribution in [2.75, 3.05) is 45.3 Å². The molecular weight excluding hydrogens is 320 g/mol. The summed E-state index contributed by atoms with van der Waals surface area (Å²) in [6, 6.07) is 8.78. The topological polar surface area (TPSA) is 48.9 Å². The van der Waals surface area contributed by atoms with Gasteiger partial charge in [0, 0.05) is 45.5 Å². The van der Waals surface area contributed by atoms with Crippen molar-refractivity contribution >= 4 is 17.7 Å². The molecule has 2 N–H and O–H groups in total. The number of morpholine rings is 1. The molecular formula is C18H30N4OS. The lowest BCUT2D eigenvalue weighted by Crippen LogP contribution is -2.40. The molecule has 0 radical (unpaired) electrons. The Kier molecular flexibility index (Phi) is 8.42. The van der Waals surface area contributed by atoms with Gasteiger partial charge < -0.3 is 15.4 Å². The second-order valence-corrected chi connectivity index (χ2v) is 7.07. The molecule has 1 aliphatic rings. The molecule has 24 heavy (non-hydrogen) atoms. The van der Waals surface area contributed by atoms with Crippen LogP contribution in [0.25, 0.3) is 0 Å². The molecule has 0 aliphatic carbocycles. The molecule has 1 saturated heterocycles. The van der Waals surface area contributed by atoms with Crippen LogP contribution in [0.3, 0.4) is 0 Å². The minimum atomic E-state index is 0.333. The predicted molar refractivity (Wildman–Crippen MR) is 104 cm³/mol. The summed E-state index contributed by atoms with van der Waals surface area (Å²) < 4.78 is 5.61. The number of hydrogen-bond acceptors (Lipinski definition) is 4. The van der Waals surface area contributed by atoms with Crippen LogP contribution in [-0.4, -0.2) is 62.3 Å². The molecule has 1 aliphatic heterocycles. The molecule has 0 bridgehead atoms. The molecule has 0 spiro atoms. The van der Waals surface area contributed by atoms with E-state index in [2.05, 4.69) is 58.0 Å². The lowest BCUT2D eigenvalue weighted by molar-refractivity contribution is -0.0212. The highest BCUT2D eigenvalue weighted by Crippen LogP contribution is 2.12. The summed E-state index contributed by atoms with van der Waals surface area (Å²) in [4.78, 5) is 6.72. The van der Waals surface area contributed by atoms with E-state index < -0.39 is 0 Å². The van der Waals surface area contributed by atoms with Crippen molar-refractivity contribution in [3.63, 3.8) is 0 Å². The van der Waals surface area contributed by atoms with Crippen LogP contribution in [0.4, 0.5) is 0 Å². The molecule has 0 amide bonds. The Morgan fingerprint density at radius 3 is 2.96 bits per heavy atom. The Hall–Kier alpha value is -1.24. The van der Waals surface area contributed by atoms with Crippen molar-refractivity contribution in [3.05, 3.63) is 35.4 Å². The first-order chi connectivity index (χ1) is 11.7. The number of thioether (sulfide) groups is 1. The Bertz CT molecular complexity index is 523. The van der Waals surface area contributed by atoms with Crippen LogP contribution in [0.2, 0.25) is 0 Å². The largest absolute Gasteiger partial charge is 0.376 e. The summed E-state index contributed by atoms with van der Waals surface area (Å²) in [6.45, 7) is 7.69. The Labute approximate surface area is 150 Å². The number of nitrogens with zero attached hydrogens (tertiary/aromatic N) is 2. The second-order valence-electron chi connectivity index (χ2n) is 6.08. The fourth-order valence-electron chi connectivity index (χ4n) is 2.81. The van der Waals surface area contributed by atoms with Gasteiger partial charge in [0.15, 0.2) is 5.96 Å². The van der Waals surface area contributed by atoms with Gasteiger partial charge in [-0.1, -0.05) is 24.3 Å². The van der Waals surface area contributed by atoms with Gasteiger partial charge >= 0.3 is 0 Å². The molecule has 1 heterocycles. The highest BCUT2D eigenvalue weighted by atomic mass is 32.2. The van der Waals surface area contributed by atoms with Gasteiger partial charge in [-0.05, 0) is 24.3 Å². The summed E-state index contributed by atoms with van der Waals surface area (Å²) in [5, 5.41) is 6.70. The SMILES string of the molecule is CN=C(NCCSC)NCc1cccc(CN2CCOC(C)C2)c1. The van der Waals surface area contributed by atoms with Gasteiger partial charge in [0.1, 0.15) is 0 Å². The van der Waals surface area contributed by atoms with Crippen molar-refractivity contribution < 1.29 is 4.74 Å². The van der Waals surface area contributed by atoms with E-state index in [1.54, 1.807) is 0 Å².